The van der Waals surface area contributed by atoms with Gasteiger partial charge in [-0.15, -0.1) is 0 Å². The second-order valence-electron chi connectivity index (χ2n) is 6.13. The van der Waals surface area contributed by atoms with Crippen molar-refractivity contribution in [2.75, 3.05) is 12.4 Å². The molecule has 0 bridgehead atoms. The first kappa shape index (κ1) is 15.2. The van der Waals surface area contributed by atoms with Crippen molar-refractivity contribution in [3.8, 4) is 0 Å². The summed E-state index contributed by atoms with van der Waals surface area (Å²) >= 11 is 6.45. The molecule has 0 amide bonds. The third-order valence-electron chi connectivity index (χ3n) is 4.94. The number of halogens is 1. The van der Waals surface area contributed by atoms with Gasteiger partial charge in [0.2, 0.25) is 0 Å². The average molecular weight is 341 g/mol. The highest BCUT2D eigenvalue weighted by Crippen LogP contribution is 2.52. The number of nitrogens with one attached hydrogen (secondary N) is 1. The van der Waals surface area contributed by atoms with E-state index in [1.54, 1.807) is 24.5 Å². The van der Waals surface area contributed by atoms with Crippen LogP contribution in [0.4, 0.5) is 5.69 Å². The summed E-state index contributed by atoms with van der Waals surface area (Å²) in [4.78, 5) is 16.3. The van der Waals surface area contributed by atoms with E-state index in [1.165, 1.54) is 12.7 Å². The number of methoxy groups -OCH3 is 1. The maximum absolute atomic E-state index is 12.2. The highest BCUT2D eigenvalue weighted by molar-refractivity contribution is 6.33. The number of aromatic nitrogens is 1. The summed E-state index contributed by atoms with van der Waals surface area (Å²) in [5.41, 5.74) is 3.53. The van der Waals surface area contributed by atoms with Gasteiger partial charge in [-0.2, -0.15) is 0 Å². The minimum atomic E-state index is -0.328. The third kappa shape index (κ3) is 2.29. The van der Waals surface area contributed by atoms with Crippen molar-refractivity contribution in [1.29, 1.82) is 0 Å². The van der Waals surface area contributed by atoms with Gasteiger partial charge in [-0.3, -0.25) is 4.98 Å². The minimum absolute atomic E-state index is 0.130. The highest BCUT2D eigenvalue weighted by atomic mass is 35.5. The molecule has 24 heavy (non-hydrogen) atoms. The zero-order chi connectivity index (χ0) is 16.7. The topological polar surface area (TPSA) is 51.2 Å². The number of benzene rings is 1. The smallest absolute Gasteiger partial charge is 0.338 e. The first-order chi connectivity index (χ1) is 11.7. The van der Waals surface area contributed by atoms with Crippen LogP contribution in [0.5, 0.6) is 0 Å². The van der Waals surface area contributed by atoms with Crippen molar-refractivity contribution in [2.45, 2.75) is 18.4 Å². The third-order valence-corrected chi connectivity index (χ3v) is 5.25. The molecule has 0 unspecified atom stereocenters. The molecular weight excluding hydrogens is 324 g/mol. The number of carbonyl (C=O) groups excluding carboxylic acids is 1. The maximum Gasteiger partial charge on any atom is 0.338 e. The van der Waals surface area contributed by atoms with Gasteiger partial charge in [0.1, 0.15) is 0 Å². The summed E-state index contributed by atoms with van der Waals surface area (Å²) in [5, 5.41) is 4.19. The van der Waals surface area contributed by atoms with Gasteiger partial charge in [0.05, 0.1) is 29.4 Å². The molecule has 4 rings (SSSR count). The number of fused-ring (bicyclic) bond motifs is 3. The van der Waals surface area contributed by atoms with Crippen molar-refractivity contribution in [2.24, 2.45) is 5.92 Å². The fourth-order valence-electron chi connectivity index (χ4n) is 3.86. The van der Waals surface area contributed by atoms with Crippen LogP contribution in [0.3, 0.4) is 0 Å². The second-order valence-corrected chi connectivity index (χ2v) is 6.54. The largest absolute Gasteiger partial charge is 0.465 e. The van der Waals surface area contributed by atoms with E-state index in [9.17, 15) is 4.79 Å². The summed E-state index contributed by atoms with van der Waals surface area (Å²) in [6.07, 6.45) is 8.92. The van der Waals surface area contributed by atoms with Crippen LogP contribution in [-0.2, 0) is 4.74 Å². The average Bonchev–Trinajstić information content (AvgIpc) is 3.11. The molecule has 0 saturated carbocycles. The number of hydrogen-bond donors (Lipinski definition) is 1. The standard InChI is InChI=1S/C19H17ClN2O2/c1-24-19(23)14-5-6-15(20)18-16(14)12-3-2-4-13(12)17(22-18)11-7-9-21-10-8-11/h2-3,5-10,12-13,17,22H,4H2,1H3/t12-,13-,17-/m1/s1. The SMILES string of the molecule is COC(=O)c1ccc(Cl)c2c1[C@@H]1C=CC[C@H]1[C@@H](c1ccncc1)N2. The molecule has 1 aromatic carbocycles. The number of anilines is 1. The molecule has 0 radical (unpaired) electrons. The molecule has 1 aliphatic heterocycles. The van der Waals surface area contributed by atoms with Crippen LogP contribution < -0.4 is 5.32 Å². The molecule has 2 heterocycles. The summed E-state index contributed by atoms with van der Waals surface area (Å²) in [6, 6.07) is 7.69. The van der Waals surface area contributed by atoms with E-state index in [-0.39, 0.29) is 17.9 Å². The number of pyridine rings is 1. The molecular formula is C19H17ClN2O2. The Bertz CT molecular complexity index is 820. The van der Waals surface area contributed by atoms with Crippen molar-refractivity contribution in [3.63, 3.8) is 0 Å². The quantitative estimate of drug-likeness (QED) is 0.652. The summed E-state index contributed by atoms with van der Waals surface area (Å²) in [5.74, 6) is 0.153. The van der Waals surface area contributed by atoms with Gasteiger partial charge in [-0.25, -0.2) is 4.79 Å². The second kappa shape index (κ2) is 5.95. The maximum atomic E-state index is 12.2. The van der Waals surface area contributed by atoms with Crippen molar-refractivity contribution in [3.05, 3.63) is 70.5 Å². The van der Waals surface area contributed by atoms with E-state index in [2.05, 4.69) is 22.5 Å². The molecule has 1 aromatic heterocycles. The minimum Gasteiger partial charge on any atom is -0.465 e. The Morgan fingerprint density at radius 2 is 2.08 bits per heavy atom. The molecule has 0 fully saturated rings. The number of ether oxygens (including phenoxy) is 1. The molecule has 1 N–H and O–H groups in total. The van der Waals surface area contributed by atoms with Gasteiger partial charge >= 0.3 is 5.97 Å². The molecule has 2 aromatic rings. The van der Waals surface area contributed by atoms with Crippen LogP contribution in [0.15, 0.2) is 48.8 Å². The van der Waals surface area contributed by atoms with Crippen LogP contribution in [0.2, 0.25) is 5.02 Å². The fraction of sp³-hybridized carbons (Fsp3) is 0.263. The Kier molecular flexibility index (Phi) is 3.77. The van der Waals surface area contributed by atoms with E-state index in [4.69, 9.17) is 16.3 Å². The zero-order valence-corrected chi connectivity index (χ0v) is 14.0. The normalized spacial score (nSPS) is 24.0. The number of hydrogen-bond acceptors (Lipinski definition) is 4. The van der Waals surface area contributed by atoms with Crippen molar-refractivity contribution < 1.29 is 9.53 Å². The molecule has 0 spiro atoms. The van der Waals surface area contributed by atoms with Gasteiger partial charge in [0.25, 0.3) is 0 Å². The van der Waals surface area contributed by atoms with Crippen molar-refractivity contribution in [1.82, 2.24) is 4.98 Å². The predicted octanol–water partition coefficient (Wildman–Crippen LogP) is 4.35. The zero-order valence-electron chi connectivity index (χ0n) is 13.2. The lowest BCUT2D eigenvalue weighted by atomic mass is 9.75. The Balaban J connectivity index is 1.87. The van der Waals surface area contributed by atoms with Crippen molar-refractivity contribution >= 4 is 23.3 Å². The molecule has 0 saturated heterocycles. The van der Waals surface area contributed by atoms with Gasteiger partial charge in [-0.1, -0.05) is 23.8 Å². The Morgan fingerprint density at radius 1 is 1.29 bits per heavy atom. The molecule has 4 nitrogen and oxygen atoms in total. The number of allylic oxidation sites excluding steroid dienone is 2. The fourth-order valence-corrected chi connectivity index (χ4v) is 4.08. The highest BCUT2D eigenvalue weighted by Gasteiger charge is 2.40. The summed E-state index contributed by atoms with van der Waals surface area (Å²) in [7, 11) is 1.40. The lowest BCUT2D eigenvalue weighted by molar-refractivity contribution is 0.0598. The molecule has 5 heteroatoms. The summed E-state index contributed by atoms with van der Waals surface area (Å²) in [6.45, 7) is 0. The lowest BCUT2D eigenvalue weighted by Gasteiger charge is -2.38. The first-order valence-electron chi connectivity index (χ1n) is 7.94. The van der Waals surface area contributed by atoms with Gasteiger partial charge < -0.3 is 10.1 Å². The Labute approximate surface area is 145 Å². The van der Waals surface area contributed by atoms with E-state index < -0.39 is 0 Å². The van der Waals surface area contributed by atoms with Crippen LogP contribution >= 0.6 is 11.6 Å². The Morgan fingerprint density at radius 3 is 2.83 bits per heavy atom. The van der Waals surface area contributed by atoms with Crippen LogP contribution in [0.1, 0.15) is 39.9 Å². The molecule has 2 aliphatic rings. The number of rotatable bonds is 2. The molecule has 122 valence electrons. The van der Waals surface area contributed by atoms with E-state index in [1.807, 2.05) is 12.1 Å². The van der Waals surface area contributed by atoms with Crippen LogP contribution in [0, 0.1) is 5.92 Å². The van der Waals surface area contributed by atoms with E-state index >= 15 is 0 Å². The van der Waals surface area contributed by atoms with Crippen LogP contribution in [-0.4, -0.2) is 18.1 Å². The monoisotopic (exact) mass is 340 g/mol. The van der Waals surface area contributed by atoms with E-state index in [0.717, 1.165) is 17.7 Å². The van der Waals surface area contributed by atoms with Gasteiger partial charge in [0, 0.05) is 18.3 Å². The van der Waals surface area contributed by atoms with Gasteiger partial charge in [0.15, 0.2) is 0 Å². The number of esters is 1. The molecule has 1 aliphatic carbocycles. The van der Waals surface area contributed by atoms with E-state index in [0.29, 0.717) is 16.5 Å². The number of nitrogens with zero attached hydrogens (tertiary/aromatic N) is 1. The first-order valence-corrected chi connectivity index (χ1v) is 8.32. The molecule has 3 atom stereocenters. The lowest BCUT2D eigenvalue weighted by Crippen LogP contribution is -2.30. The Hall–Kier alpha value is -2.33. The number of carbonyl (C=O) groups is 1. The van der Waals surface area contributed by atoms with Gasteiger partial charge in [-0.05, 0) is 47.7 Å². The van der Waals surface area contributed by atoms with Crippen LogP contribution in [0.25, 0.3) is 0 Å². The summed E-state index contributed by atoms with van der Waals surface area (Å²) < 4.78 is 4.96. The predicted molar refractivity (Wildman–Crippen MR) is 93.4 cm³/mol.